The Morgan fingerprint density at radius 2 is 1.89 bits per heavy atom. The molecule has 8 nitrogen and oxygen atoms in total. The Balaban J connectivity index is 1.65. The summed E-state index contributed by atoms with van der Waals surface area (Å²) in [6.45, 7) is 1.44. The van der Waals surface area contributed by atoms with Crippen molar-refractivity contribution in [2.75, 3.05) is 11.9 Å². The molecule has 0 radical (unpaired) electrons. The maximum Gasteiger partial charge on any atom is 0.345 e. The number of aromatic nitrogens is 1. The van der Waals surface area contributed by atoms with E-state index in [2.05, 4.69) is 10.3 Å². The molecule has 1 aromatic heterocycles. The van der Waals surface area contributed by atoms with Crippen molar-refractivity contribution in [1.29, 1.82) is 0 Å². The smallest absolute Gasteiger partial charge is 0.345 e. The minimum atomic E-state index is -0.642. The number of nitro groups is 1. The molecule has 0 aliphatic heterocycles. The fourth-order valence-corrected chi connectivity index (χ4v) is 3.07. The molecule has 3 rings (SSSR count). The van der Waals surface area contributed by atoms with Crippen molar-refractivity contribution in [3.63, 3.8) is 0 Å². The van der Waals surface area contributed by atoms with Gasteiger partial charge in [-0.1, -0.05) is 48.0 Å². The van der Waals surface area contributed by atoms with E-state index in [1.807, 2.05) is 37.3 Å². The van der Waals surface area contributed by atoms with Crippen molar-refractivity contribution in [2.45, 2.75) is 6.92 Å². The average Bonchev–Trinajstić information content (AvgIpc) is 3.15. The number of anilines is 1. The van der Waals surface area contributed by atoms with Crippen LogP contribution >= 0.6 is 11.3 Å². The van der Waals surface area contributed by atoms with Crippen LogP contribution in [0.2, 0.25) is 0 Å². The van der Waals surface area contributed by atoms with Crippen LogP contribution in [0.4, 0.5) is 10.1 Å². The van der Waals surface area contributed by atoms with Crippen LogP contribution in [0.3, 0.4) is 0 Å². The van der Waals surface area contributed by atoms with Gasteiger partial charge in [-0.3, -0.25) is 20.2 Å². The molecule has 28 heavy (non-hydrogen) atoms. The molecule has 1 heterocycles. The van der Waals surface area contributed by atoms with Gasteiger partial charge in [-0.25, -0.2) is 9.78 Å². The molecular weight excluding hydrogens is 382 g/mol. The SMILES string of the molecule is Cc1ccc(-c2ccccc2C(=O)OCC(=O)Nc2ncc([N+](=O)[O-])s2)cc1. The number of hydrogen-bond donors (Lipinski definition) is 1. The van der Waals surface area contributed by atoms with Gasteiger partial charge >= 0.3 is 11.0 Å². The quantitative estimate of drug-likeness (QED) is 0.384. The fourth-order valence-electron chi connectivity index (χ4n) is 2.42. The zero-order valence-corrected chi connectivity index (χ0v) is 15.6. The lowest BCUT2D eigenvalue weighted by Crippen LogP contribution is -2.21. The molecule has 0 fully saturated rings. The van der Waals surface area contributed by atoms with E-state index in [1.165, 1.54) is 0 Å². The number of amides is 1. The number of nitrogens with zero attached hydrogens (tertiary/aromatic N) is 2. The first kappa shape index (κ1) is 19.2. The molecule has 0 bridgehead atoms. The van der Waals surface area contributed by atoms with E-state index in [9.17, 15) is 19.7 Å². The maximum absolute atomic E-state index is 12.5. The number of carbonyl (C=O) groups is 2. The second kappa shape index (κ2) is 8.40. The normalized spacial score (nSPS) is 10.3. The van der Waals surface area contributed by atoms with Gasteiger partial charge in [0.1, 0.15) is 6.20 Å². The van der Waals surface area contributed by atoms with E-state index >= 15 is 0 Å². The van der Waals surface area contributed by atoms with Gasteiger partial charge in [-0.2, -0.15) is 0 Å². The van der Waals surface area contributed by atoms with Crippen LogP contribution in [0.5, 0.6) is 0 Å². The molecule has 0 saturated carbocycles. The number of aryl methyl sites for hydroxylation is 1. The Hall–Kier alpha value is -3.59. The summed E-state index contributed by atoms with van der Waals surface area (Å²) in [6, 6.07) is 14.6. The van der Waals surface area contributed by atoms with Gasteiger partial charge in [0.25, 0.3) is 5.91 Å². The molecule has 0 spiro atoms. The van der Waals surface area contributed by atoms with Crippen molar-refractivity contribution in [3.8, 4) is 11.1 Å². The summed E-state index contributed by atoms with van der Waals surface area (Å²) in [5, 5.41) is 12.9. The largest absolute Gasteiger partial charge is 0.452 e. The summed E-state index contributed by atoms with van der Waals surface area (Å²) >= 11 is 0.718. The van der Waals surface area contributed by atoms with Crippen LogP contribution in [-0.2, 0) is 9.53 Å². The number of thiazole rings is 1. The number of esters is 1. The Morgan fingerprint density at radius 1 is 1.18 bits per heavy atom. The summed E-state index contributed by atoms with van der Waals surface area (Å²) < 4.78 is 5.09. The summed E-state index contributed by atoms with van der Waals surface area (Å²) in [7, 11) is 0. The first-order valence-electron chi connectivity index (χ1n) is 8.17. The van der Waals surface area contributed by atoms with Crippen molar-refractivity contribution < 1.29 is 19.2 Å². The third-order valence-corrected chi connectivity index (χ3v) is 4.63. The summed E-state index contributed by atoms with van der Waals surface area (Å²) in [5.41, 5.74) is 2.99. The van der Waals surface area contributed by atoms with E-state index in [4.69, 9.17) is 4.74 Å². The summed E-state index contributed by atoms with van der Waals surface area (Å²) in [5.74, 6) is -1.28. The van der Waals surface area contributed by atoms with Crippen LogP contribution < -0.4 is 5.32 Å². The standard InChI is InChI=1S/C19H15N3O5S/c1-12-6-8-13(9-7-12)14-4-2-3-5-15(14)18(24)27-11-16(23)21-19-20-10-17(28-19)22(25)26/h2-10H,11H2,1H3,(H,20,21,23). The highest BCUT2D eigenvalue weighted by Crippen LogP contribution is 2.26. The Kier molecular flexibility index (Phi) is 5.75. The van der Waals surface area contributed by atoms with Crippen molar-refractivity contribution in [2.24, 2.45) is 0 Å². The third-order valence-electron chi connectivity index (χ3n) is 3.76. The molecule has 0 aliphatic carbocycles. The van der Waals surface area contributed by atoms with Crippen LogP contribution in [-0.4, -0.2) is 28.4 Å². The van der Waals surface area contributed by atoms with Crippen LogP contribution in [0.15, 0.2) is 54.7 Å². The topological polar surface area (TPSA) is 111 Å². The van der Waals surface area contributed by atoms with Crippen molar-refractivity contribution in [3.05, 3.63) is 76.0 Å². The molecule has 3 aromatic rings. The number of benzene rings is 2. The van der Waals surface area contributed by atoms with Gasteiger partial charge in [-0.15, -0.1) is 0 Å². The van der Waals surface area contributed by atoms with Gasteiger partial charge in [0, 0.05) is 0 Å². The molecule has 0 aliphatic rings. The first-order chi connectivity index (χ1) is 13.4. The van der Waals surface area contributed by atoms with E-state index in [0.717, 1.165) is 28.7 Å². The summed E-state index contributed by atoms with van der Waals surface area (Å²) in [4.78, 5) is 38.1. The number of carbonyl (C=O) groups excluding carboxylic acids is 2. The number of ether oxygens (including phenoxy) is 1. The van der Waals surface area contributed by atoms with Gasteiger partial charge < -0.3 is 4.74 Å². The molecule has 0 saturated heterocycles. The van der Waals surface area contributed by atoms with E-state index in [0.29, 0.717) is 11.1 Å². The fraction of sp³-hybridized carbons (Fsp3) is 0.105. The molecule has 0 atom stereocenters. The van der Waals surface area contributed by atoms with Gasteiger partial charge in [0.05, 0.1) is 10.5 Å². The predicted molar refractivity (Wildman–Crippen MR) is 104 cm³/mol. The Bertz CT molecular complexity index is 1030. The van der Waals surface area contributed by atoms with Gasteiger partial charge in [0.2, 0.25) is 0 Å². The maximum atomic E-state index is 12.5. The number of hydrogen-bond acceptors (Lipinski definition) is 7. The molecule has 1 amide bonds. The zero-order valence-electron chi connectivity index (χ0n) is 14.7. The highest BCUT2D eigenvalue weighted by atomic mass is 32.1. The van der Waals surface area contributed by atoms with E-state index in [-0.39, 0.29) is 10.1 Å². The Labute approximate surface area is 164 Å². The third kappa shape index (κ3) is 4.57. The average molecular weight is 397 g/mol. The second-order valence-electron chi connectivity index (χ2n) is 5.80. The first-order valence-corrected chi connectivity index (χ1v) is 8.99. The van der Waals surface area contributed by atoms with Crippen molar-refractivity contribution in [1.82, 2.24) is 4.98 Å². The second-order valence-corrected chi connectivity index (χ2v) is 6.81. The molecule has 9 heteroatoms. The molecular formula is C19H15N3O5S. The monoisotopic (exact) mass is 397 g/mol. The molecule has 1 N–H and O–H groups in total. The van der Waals surface area contributed by atoms with E-state index < -0.39 is 23.4 Å². The minimum absolute atomic E-state index is 0.0628. The number of nitrogens with one attached hydrogen (secondary N) is 1. The predicted octanol–water partition coefficient (Wildman–Crippen LogP) is 3.82. The summed E-state index contributed by atoms with van der Waals surface area (Å²) in [6.07, 6.45) is 1.05. The molecule has 2 aromatic carbocycles. The lowest BCUT2D eigenvalue weighted by molar-refractivity contribution is -0.380. The lowest BCUT2D eigenvalue weighted by atomic mass is 9.99. The van der Waals surface area contributed by atoms with Crippen molar-refractivity contribution >= 4 is 33.3 Å². The molecule has 0 unspecified atom stereocenters. The van der Waals surface area contributed by atoms with Gasteiger partial charge in [0.15, 0.2) is 11.7 Å². The Morgan fingerprint density at radius 3 is 2.57 bits per heavy atom. The lowest BCUT2D eigenvalue weighted by Gasteiger charge is -2.10. The van der Waals surface area contributed by atoms with Crippen LogP contribution in [0, 0.1) is 17.0 Å². The van der Waals surface area contributed by atoms with E-state index in [1.54, 1.807) is 18.2 Å². The highest BCUT2D eigenvalue weighted by Gasteiger charge is 2.17. The molecule has 142 valence electrons. The van der Waals surface area contributed by atoms with Crippen LogP contribution in [0.25, 0.3) is 11.1 Å². The van der Waals surface area contributed by atoms with Gasteiger partial charge in [-0.05, 0) is 35.5 Å². The van der Waals surface area contributed by atoms with Crippen LogP contribution in [0.1, 0.15) is 15.9 Å². The highest BCUT2D eigenvalue weighted by molar-refractivity contribution is 7.18. The number of rotatable bonds is 6. The zero-order chi connectivity index (χ0) is 20.1. The minimum Gasteiger partial charge on any atom is -0.452 e.